The van der Waals surface area contributed by atoms with Crippen LogP contribution in [0.15, 0.2) is 28.9 Å². The first-order valence-corrected chi connectivity index (χ1v) is 5.51. The minimum atomic E-state index is -0.469. The van der Waals surface area contributed by atoms with Gasteiger partial charge in [-0.25, -0.2) is 4.79 Å². The number of aromatic nitrogens is 3. The summed E-state index contributed by atoms with van der Waals surface area (Å²) in [6.45, 7) is 2.01. The molecule has 0 aromatic carbocycles. The van der Waals surface area contributed by atoms with Crippen LogP contribution in [-0.2, 0) is 17.8 Å². The number of nitrogens with one attached hydrogen (secondary N) is 1. The van der Waals surface area contributed by atoms with Crippen LogP contribution in [0.25, 0.3) is 0 Å². The van der Waals surface area contributed by atoms with E-state index < -0.39 is 5.97 Å². The van der Waals surface area contributed by atoms with E-state index in [1.807, 2.05) is 0 Å². The van der Waals surface area contributed by atoms with Crippen LogP contribution in [-0.4, -0.2) is 34.6 Å². The molecule has 2 aromatic heterocycles. The highest BCUT2D eigenvalue weighted by Gasteiger charge is 2.10. The summed E-state index contributed by atoms with van der Waals surface area (Å²) in [6, 6.07) is 3.34. The monoisotopic (exact) mass is 250 g/mol. The zero-order valence-electron chi connectivity index (χ0n) is 10.00. The molecule has 0 aliphatic carbocycles. The molecule has 0 saturated carbocycles. The normalized spacial score (nSPS) is 10.5. The Labute approximate surface area is 104 Å². The second-order valence-electron chi connectivity index (χ2n) is 3.60. The van der Waals surface area contributed by atoms with E-state index in [9.17, 15) is 4.79 Å². The molecule has 0 unspecified atom stereocenters. The van der Waals surface area contributed by atoms with Gasteiger partial charge in [-0.3, -0.25) is 4.68 Å². The third kappa shape index (κ3) is 3.17. The van der Waals surface area contributed by atoms with Crippen LogP contribution in [0.5, 0.6) is 0 Å². The van der Waals surface area contributed by atoms with Crippen molar-refractivity contribution < 1.29 is 13.9 Å². The maximum absolute atomic E-state index is 11.2. The molecule has 7 heteroatoms. The minimum Gasteiger partial charge on any atom is -0.463 e. The molecule has 0 aliphatic heterocycles. The number of furan rings is 1. The van der Waals surface area contributed by atoms with E-state index in [-0.39, 0.29) is 5.76 Å². The SMILES string of the molecule is COC(=O)c1ccc(CNCCn2ccnn2)o1. The van der Waals surface area contributed by atoms with Crippen molar-refractivity contribution in [2.75, 3.05) is 13.7 Å². The third-order valence-electron chi connectivity index (χ3n) is 2.34. The Morgan fingerprint density at radius 3 is 3.17 bits per heavy atom. The predicted octanol–water partition coefficient (Wildman–Crippen LogP) is 0.447. The Bertz CT molecular complexity index is 492. The number of ether oxygens (including phenoxy) is 1. The number of rotatable bonds is 6. The molecule has 2 heterocycles. The molecule has 96 valence electrons. The number of esters is 1. The van der Waals surface area contributed by atoms with Crippen molar-refractivity contribution in [2.24, 2.45) is 0 Å². The molecule has 0 aliphatic rings. The molecule has 0 amide bonds. The van der Waals surface area contributed by atoms with Crippen molar-refractivity contribution in [1.29, 1.82) is 0 Å². The van der Waals surface area contributed by atoms with Crippen molar-refractivity contribution >= 4 is 5.97 Å². The van der Waals surface area contributed by atoms with Gasteiger partial charge in [0.1, 0.15) is 5.76 Å². The number of hydrogen-bond acceptors (Lipinski definition) is 6. The Kier molecular flexibility index (Phi) is 4.08. The van der Waals surface area contributed by atoms with Crippen molar-refractivity contribution in [1.82, 2.24) is 20.3 Å². The van der Waals surface area contributed by atoms with Crippen molar-refractivity contribution in [2.45, 2.75) is 13.1 Å². The molecule has 1 N–H and O–H groups in total. The lowest BCUT2D eigenvalue weighted by atomic mass is 10.4. The summed E-state index contributed by atoms with van der Waals surface area (Å²) in [6.07, 6.45) is 3.43. The average molecular weight is 250 g/mol. The van der Waals surface area contributed by atoms with Gasteiger partial charge in [0.05, 0.1) is 26.4 Å². The van der Waals surface area contributed by atoms with Crippen LogP contribution in [0, 0.1) is 0 Å². The Hall–Kier alpha value is -2.15. The fraction of sp³-hybridized carbons (Fsp3) is 0.364. The zero-order chi connectivity index (χ0) is 12.8. The molecule has 0 atom stereocenters. The number of methoxy groups -OCH3 is 1. The smallest absolute Gasteiger partial charge is 0.373 e. The fourth-order valence-electron chi connectivity index (χ4n) is 1.44. The van der Waals surface area contributed by atoms with Gasteiger partial charge in [0.15, 0.2) is 0 Å². The lowest BCUT2D eigenvalue weighted by Crippen LogP contribution is -2.19. The van der Waals surface area contributed by atoms with Gasteiger partial charge < -0.3 is 14.5 Å². The summed E-state index contributed by atoms with van der Waals surface area (Å²) < 4.78 is 11.6. The first-order valence-electron chi connectivity index (χ1n) is 5.51. The van der Waals surface area contributed by atoms with Crippen molar-refractivity contribution in [3.63, 3.8) is 0 Å². The highest BCUT2D eigenvalue weighted by Crippen LogP contribution is 2.08. The molecule has 0 spiro atoms. The molecule has 18 heavy (non-hydrogen) atoms. The number of nitrogens with zero attached hydrogens (tertiary/aromatic N) is 3. The zero-order valence-corrected chi connectivity index (χ0v) is 10.00. The van der Waals surface area contributed by atoms with E-state index in [4.69, 9.17) is 4.42 Å². The van der Waals surface area contributed by atoms with E-state index in [0.717, 1.165) is 13.1 Å². The molecular weight excluding hydrogens is 236 g/mol. The topological polar surface area (TPSA) is 82.2 Å². The lowest BCUT2D eigenvalue weighted by Gasteiger charge is -2.02. The van der Waals surface area contributed by atoms with Gasteiger partial charge in [-0.2, -0.15) is 0 Å². The molecule has 0 fully saturated rings. The molecule has 0 bridgehead atoms. The van der Waals surface area contributed by atoms with Gasteiger partial charge in [0.2, 0.25) is 5.76 Å². The van der Waals surface area contributed by atoms with Gasteiger partial charge in [-0.15, -0.1) is 5.10 Å². The second-order valence-corrected chi connectivity index (χ2v) is 3.60. The van der Waals surface area contributed by atoms with Gasteiger partial charge in [0.25, 0.3) is 0 Å². The predicted molar refractivity (Wildman–Crippen MR) is 61.8 cm³/mol. The Morgan fingerprint density at radius 1 is 1.56 bits per heavy atom. The maximum Gasteiger partial charge on any atom is 0.373 e. The molecule has 2 aromatic rings. The maximum atomic E-state index is 11.2. The summed E-state index contributed by atoms with van der Waals surface area (Å²) >= 11 is 0. The van der Waals surface area contributed by atoms with Crippen LogP contribution in [0.4, 0.5) is 0 Å². The average Bonchev–Trinajstić information content (AvgIpc) is 3.05. The molecule has 0 saturated heterocycles. The molecule has 7 nitrogen and oxygen atoms in total. The molecular formula is C11H14N4O3. The van der Waals surface area contributed by atoms with Gasteiger partial charge in [-0.1, -0.05) is 5.21 Å². The summed E-state index contributed by atoms with van der Waals surface area (Å²) in [5, 5.41) is 10.7. The minimum absolute atomic E-state index is 0.213. The van der Waals surface area contributed by atoms with Crippen molar-refractivity contribution in [3.8, 4) is 0 Å². The number of carbonyl (C=O) groups excluding carboxylic acids is 1. The first kappa shape index (κ1) is 12.3. The Balaban J connectivity index is 1.73. The van der Waals surface area contributed by atoms with Gasteiger partial charge in [0, 0.05) is 12.7 Å². The molecule has 2 rings (SSSR count). The van der Waals surface area contributed by atoms with Crippen molar-refractivity contribution in [3.05, 3.63) is 36.0 Å². The van der Waals surface area contributed by atoms with Crippen LogP contribution in [0.1, 0.15) is 16.3 Å². The first-order chi connectivity index (χ1) is 8.79. The number of hydrogen-bond donors (Lipinski definition) is 1. The molecule has 0 radical (unpaired) electrons. The van der Waals surface area contributed by atoms with E-state index in [0.29, 0.717) is 12.3 Å². The summed E-state index contributed by atoms with van der Waals surface area (Å²) in [5.74, 6) is 0.434. The van der Waals surface area contributed by atoms with Crippen LogP contribution in [0.3, 0.4) is 0 Å². The highest BCUT2D eigenvalue weighted by atomic mass is 16.5. The lowest BCUT2D eigenvalue weighted by molar-refractivity contribution is 0.0563. The van der Waals surface area contributed by atoms with Gasteiger partial charge >= 0.3 is 5.97 Å². The standard InChI is InChI=1S/C11H14N4O3/c1-17-11(16)10-3-2-9(18-10)8-12-4-6-15-7-5-13-14-15/h2-3,5,7,12H,4,6,8H2,1H3. The third-order valence-corrected chi connectivity index (χ3v) is 2.34. The van der Waals surface area contributed by atoms with Gasteiger partial charge in [-0.05, 0) is 12.1 Å². The fourth-order valence-corrected chi connectivity index (χ4v) is 1.44. The van der Waals surface area contributed by atoms with E-state index in [1.165, 1.54) is 7.11 Å². The number of carbonyl (C=O) groups is 1. The van der Waals surface area contributed by atoms with Crippen LogP contribution in [0.2, 0.25) is 0 Å². The Morgan fingerprint density at radius 2 is 2.44 bits per heavy atom. The quantitative estimate of drug-likeness (QED) is 0.592. The van der Waals surface area contributed by atoms with E-state index in [2.05, 4.69) is 20.4 Å². The highest BCUT2D eigenvalue weighted by molar-refractivity contribution is 5.86. The van der Waals surface area contributed by atoms with E-state index in [1.54, 1.807) is 29.2 Å². The summed E-state index contributed by atoms with van der Waals surface area (Å²) in [4.78, 5) is 11.2. The van der Waals surface area contributed by atoms with E-state index >= 15 is 0 Å². The summed E-state index contributed by atoms with van der Waals surface area (Å²) in [5.41, 5.74) is 0. The van der Waals surface area contributed by atoms with Crippen LogP contribution >= 0.6 is 0 Å². The summed E-state index contributed by atoms with van der Waals surface area (Å²) in [7, 11) is 1.32. The largest absolute Gasteiger partial charge is 0.463 e. The van der Waals surface area contributed by atoms with Crippen LogP contribution < -0.4 is 5.32 Å². The second kappa shape index (κ2) is 5.97.